The van der Waals surface area contributed by atoms with Gasteiger partial charge in [0, 0.05) is 19.6 Å². The Morgan fingerprint density at radius 2 is 1.82 bits per heavy atom. The molecule has 2 N–H and O–H groups in total. The summed E-state index contributed by atoms with van der Waals surface area (Å²) in [5, 5.41) is 8.90. The van der Waals surface area contributed by atoms with Crippen LogP contribution in [0.5, 0.6) is 0 Å². The molecule has 1 rings (SSSR count). The zero-order chi connectivity index (χ0) is 13.1. The molecule has 0 aromatic carbocycles. The third kappa shape index (κ3) is 3.93. The summed E-state index contributed by atoms with van der Waals surface area (Å²) in [4.78, 5) is 10.9. The first-order valence-electron chi connectivity index (χ1n) is 5.74. The predicted octanol–water partition coefficient (Wildman–Crippen LogP) is 0.418. The van der Waals surface area contributed by atoms with Crippen LogP contribution in [0, 0.1) is 5.41 Å². The summed E-state index contributed by atoms with van der Waals surface area (Å²) in [5.41, 5.74) is -1.09. The summed E-state index contributed by atoms with van der Waals surface area (Å²) in [7, 11) is -3.53. The third-order valence-electron chi connectivity index (χ3n) is 2.93. The molecule has 7 heteroatoms. The number of hydrogen-bond acceptors (Lipinski definition) is 3. The topological polar surface area (TPSA) is 86.7 Å². The highest BCUT2D eigenvalue weighted by molar-refractivity contribution is 7.87. The van der Waals surface area contributed by atoms with Gasteiger partial charge < -0.3 is 5.11 Å². The van der Waals surface area contributed by atoms with Gasteiger partial charge in [-0.15, -0.1) is 0 Å². The molecule has 1 saturated heterocycles. The summed E-state index contributed by atoms with van der Waals surface area (Å²) < 4.78 is 27.5. The maximum Gasteiger partial charge on any atom is 0.310 e. The van der Waals surface area contributed by atoms with Crippen molar-refractivity contribution in [2.75, 3.05) is 19.6 Å². The smallest absolute Gasteiger partial charge is 0.310 e. The van der Waals surface area contributed by atoms with Crippen LogP contribution in [0.3, 0.4) is 0 Å². The highest BCUT2D eigenvalue weighted by Gasteiger charge is 2.31. The SMILES string of the molecule is CC(C)(CNS(=O)(=O)N1CCCCC1)C(=O)O. The first-order chi connectivity index (χ1) is 7.76. The summed E-state index contributed by atoms with van der Waals surface area (Å²) in [5.74, 6) is -1.01. The molecular weight excluding hydrogens is 244 g/mol. The van der Waals surface area contributed by atoms with Gasteiger partial charge in [0.2, 0.25) is 0 Å². The summed E-state index contributed by atoms with van der Waals surface area (Å²) in [6, 6.07) is 0. The Morgan fingerprint density at radius 3 is 2.29 bits per heavy atom. The fraction of sp³-hybridized carbons (Fsp3) is 0.900. The van der Waals surface area contributed by atoms with Crippen LogP contribution in [-0.2, 0) is 15.0 Å². The van der Waals surface area contributed by atoms with Gasteiger partial charge in [0.1, 0.15) is 0 Å². The molecule has 0 aromatic rings. The third-order valence-corrected chi connectivity index (χ3v) is 4.48. The molecule has 1 fully saturated rings. The van der Waals surface area contributed by atoms with Crippen LogP contribution < -0.4 is 4.72 Å². The lowest BCUT2D eigenvalue weighted by molar-refractivity contribution is -0.146. The van der Waals surface area contributed by atoms with Crippen molar-refractivity contribution in [3.63, 3.8) is 0 Å². The Kier molecular flexibility index (Phi) is 4.51. The number of rotatable bonds is 5. The summed E-state index contributed by atoms with van der Waals surface area (Å²) in [6.45, 7) is 3.93. The Morgan fingerprint density at radius 1 is 1.29 bits per heavy atom. The van der Waals surface area contributed by atoms with Crippen molar-refractivity contribution in [2.24, 2.45) is 5.41 Å². The van der Waals surface area contributed by atoms with Crippen LogP contribution in [0.2, 0.25) is 0 Å². The highest BCUT2D eigenvalue weighted by atomic mass is 32.2. The van der Waals surface area contributed by atoms with E-state index in [0.29, 0.717) is 13.1 Å². The Bertz CT molecular complexity index is 372. The maximum atomic E-state index is 11.9. The van der Waals surface area contributed by atoms with Gasteiger partial charge in [-0.05, 0) is 26.7 Å². The number of aliphatic carboxylic acids is 1. The van der Waals surface area contributed by atoms with E-state index >= 15 is 0 Å². The zero-order valence-corrected chi connectivity index (χ0v) is 11.1. The number of carboxylic acids is 1. The predicted molar refractivity (Wildman–Crippen MR) is 63.8 cm³/mol. The fourth-order valence-electron chi connectivity index (χ4n) is 1.54. The zero-order valence-electron chi connectivity index (χ0n) is 10.3. The second-order valence-electron chi connectivity index (χ2n) is 4.97. The van der Waals surface area contributed by atoms with Crippen molar-refractivity contribution < 1.29 is 18.3 Å². The lowest BCUT2D eigenvalue weighted by Gasteiger charge is -2.28. The second-order valence-corrected chi connectivity index (χ2v) is 6.73. The Balaban J connectivity index is 2.58. The molecule has 0 saturated carbocycles. The van der Waals surface area contributed by atoms with E-state index in [1.807, 2.05) is 0 Å². The highest BCUT2D eigenvalue weighted by Crippen LogP contribution is 2.16. The number of piperidine rings is 1. The van der Waals surface area contributed by atoms with E-state index in [-0.39, 0.29) is 6.54 Å². The maximum absolute atomic E-state index is 11.9. The number of carboxylic acid groups (broad SMARTS) is 1. The first-order valence-corrected chi connectivity index (χ1v) is 7.18. The number of carbonyl (C=O) groups is 1. The van der Waals surface area contributed by atoms with Crippen molar-refractivity contribution in [3.05, 3.63) is 0 Å². The monoisotopic (exact) mass is 264 g/mol. The Hall–Kier alpha value is -0.660. The lowest BCUT2D eigenvalue weighted by atomic mass is 9.95. The molecular formula is C10H20N2O4S. The van der Waals surface area contributed by atoms with Crippen molar-refractivity contribution >= 4 is 16.2 Å². The minimum absolute atomic E-state index is 0.0961. The van der Waals surface area contributed by atoms with E-state index in [2.05, 4.69) is 4.72 Å². The Labute approximate surface area is 102 Å². The normalized spacial score (nSPS) is 19.2. The van der Waals surface area contributed by atoms with Crippen LogP contribution in [-0.4, -0.2) is 43.4 Å². The molecule has 0 unspecified atom stereocenters. The van der Waals surface area contributed by atoms with Crippen LogP contribution in [0.4, 0.5) is 0 Å². The van der Waals surface area contributed by atoms with E-state index in [1.54, 1.807) is 0 Å². The molecule has 1 aliphatic rings. The van der Waals surface area contributed by atoms with Crippen LogP contribution in [0.1, 0.15) is 33.1 Å². The van der Waals surface area contributed by atoms with Crippen LogP contribution in [0.15, 0.2) is 0 Å². The van der Waals surface area contributed by atoms with Gasteiger partial charge in [0.15, 0.2) is 0 Å². The molecule has 0 atom stereocenters. The average Bonchev–Trinajstić information content (AvgIpc) is 2.28. The van der Waals surface area contributed by atoms with Gasteiger partial charge >= 0.3 is 5.97 Å². The minimum atomic E-state index is -3.53. The largest absolute Gasteiger partial charge is 0.481 e. The molecule has 0 radical (unpaired) electrons. The van der Waals surface area contributed by atoms with Gasteiger partial charge in [-0.2, -0.15) is 12.7 Å². The fourth-order valence-corrected chi connectivity index (χ4v) is 3.01. The van der Waals surface area contributed by atoms with E-state index in [0.717, 1.165) is 19.3 Å². The molecule has 1 heterocycles. The molecule has 1 aliphatic heterocycles. The van der Waals surface area contributed by atoms with Crippen molar-refractivity contribution in [3.8, 4) is 0 Å². The second kappa shape index (κ2) is 5.32. The standard InChI is InChI=1S/C10H20N2O4S/c1-10(2,9(13)14)8-11-17(15,16)12-6-4-3-5-7-12/h11H,3-8H2,1-2H3,(H,13,14). The first kappa shape index (κ1) is 14.4. The molecule has 0 aliphatic carbocycles. The molecule has 17 heavy (non-hydrogen) atoms. The van der Waals surface area contributed by atoms with Gasteiger partial charge in [-0.1, -0.05) is 6.42 Å². The van der Waals surface area contributed by atoms with E-state index in [9.17, 15) is 13.2 Å². The van der Waals surface area contributed by atoms with Crippen LogP contribution in [0.25, 0.3) is 0 Å². The van der Waals surface area contributed by atoms with E-state index < -0.39 is 21.6 Å². The number of nitrogens with one attached hydrogen (secondary N) is 1. The summed E-state index contributed by atoms with van der Waals surface area (Å²) in [6.07, 6.45) is 2.78. The number of nitrogens with zero attached hydrogens (tertiary/aromatic N) is 1. The molecule has 0 amide bonds. The average molecular weight is 264 g/mol. The molecule has 0 spiro atoms. The van der Waals surface area contributed by atoms with Gasteiger partial charge in [-0.25, -0.2) is 4.72 Å². The number of hydrogen-bond donors (Lipinski definition) is 2. The molecule has 0 bridgehead atoms. The quantitative estimate of drug-likeness (QED) is 0.753. The van der Waals surface area contributed by atoms with Gasteiger partial charge in [-0.3, -0.25) is 4.79 Å². The summed E-state index contributed by atoms with van der Waals surface area (Å²) >= 11 is 0. The van der Waals surface area contributed by atoms with Crippen LogP contribution >= 0.6 is 0 Å². The molecule has 100 valence electrons. The van der Waals surface area contributed by atoms with E-state index in [1.165, 1.54) is 18.2 Å². The van der Waals surface area contributed by atoms with Crippen molar-refractivity contribution in [2.45, 2.75) is 33.1 Å². The van der Waals surface area contributed by atoms with Gasteiger partial charge in [0.05, 0.1) is 5.41 Å². The van der Waals surface area contributed by atoms with Crippen molar-refractivity contribution in [1.29, 1.82) is 0 Å². The minimum Gasteiger partial charge on any atom is -0.481 e. The molecule has 0 aromatic heterocycles. The lowest BCUT2D eigenvalue weighted by Crippen LogP contribution is -2.47. The molecule has 6 nitrogen and oxygen atoms in total. The van der Waals surface area contributed by atoms with Gasteiger partial charge in [0.25, 0.3) is 10.2 Å². The van der Waals surface area contributed by atoms with Crippen molar-refractivity contribution in [1.82, 2.24) is 9.03 Å². The van der Waals surface area contributed by atoms with E-state index in [4.69, 9.17) is 5.11 Å².